The molecule has 2 unspecified atom stereocenters. The zero-order valence-electron chi connectivity index (χ0n) is 11.6. The summed E-state index contributed by atoms with van der Waals surface area (Å²) >= 11 is 0. The number of carboxylic acid groups (broad SMARTS) is 1. The van der Waals surface area contributed by atoms with Crippen molar-refractivity contribution in [3.05, 3.63) is 0 Å². The Morgan fingerprint density at radius 3 is 2.44 bits per heavy atom. The first-order valence-electron chi connectivity index (χ1n) is 6.17. The van der Waals surface area contributed by atoms with E-state index in [1.165, 1.54) is 4.90 Å². The highest BCUT2D eigenvalue weighted by Crippen LogP contribution is 2.04. The number of nitrogens with zero attached hydrogens (tertiary/aromatic N) is 1. The third kappa shape index (κ3) is 6.44. The zero-order valence-corrected chi connectivity index (χ0v) is 11.6. The molecule has 2 N–H and O–H groups in total. The van der Waals surface area contributed by atoms with Crippen LogP contribution in [0.4, 0.5) is 4.79 Å². The van der Waals surface area contributed by atoms with Crippen LogP contribution in [-0.2, 0) is 9.53 Å². The molecule has 6 heteroatoms. The van der Waals surface area contributed by atoms with Gasteiger partial charge in [-0.05, 0) is 19.8 Å². The quantitative estimate of drug-likeness (QED) is 0.686. The number of carbonyl (C=O) groups excluding carboxylic acids is 1. The van der Waals surface area contributed by atoms with Gasteiger partial charge in [0.15, 0.2) is 0 Å². The summed E-state index contributed by atoms with van der Waals surface area (Å²) in [5, 5.41) is 11.5. The number of nitrogens with one attached hydrogen (secondary N) is 1. The van der Waals surface area contributed by atoms with Crippen LogP contribution in [0.3, 0.4) is 0 Å². The van der Waals surface area contributed by atoms with Crippen molar-refractivity contribution >= 4 is 12.0 Å². The Hall–Kier alpha value is -1.30. The highest BCUT2D eigenvalue weighted by atomic mass is 16.5. The van der Waals surface area contributed by atoms with Gasteiger partial charge in [-0.15, -0.1) is 0 Å². The summed E-state index contributed by atoms with van der Waals surface area (Å²) in [4.78, 5) is 24.0. The molecule has 0 radical (unpaired) electrons. The van der Waals surface area contributed by atoms with Crippen molar-refractivity contribution in [3.8, 4) is 0 Å². The topological polar surface area (TPSA) is 78.9 Å². The average molecular weight is 260 g/mol. The molecule has 106 valence electrons. The van der Waals surface area contributed by atoms with Gasteiger partial charge < -0.3 is 20.1 Å². The minimum atomic E-state index is -0.901. The Labute approximate surface area is 108 Å². The van der Waals surface area contributed by atoms with Crippen molar-refractivity contribution in [2.24, 2.45) is 5.92 Å². The Bertz CT molecular complexity index is 271. The lowest BCUT2D eigenvalue weighted by Crippen LogP contribution is -2.46. The van der Waals surface area contributed by atoms with E-state index in [9.17, 15) is 9.59 Å². The van der Waals surface area contributed by atoms with Gasteiger partial charge in [-0.25, -0.2) is 4.79 Å². The first-order chi connectivity index (χ1) is 8.42. The molecule has 0 bridgehead atoms. The molecule has 0 fully saturated rings. The predicted molar refractivity (Wildman–Crippen MR) is 68.5 cm³/mol. The van der Waals surface area contributed by atoms with Crippen molar-refractivity contribution in [1.29, 1.82) is 0 Å². The molecular weight excluding hydrogens is 236 g/mol. The standard InChI is InChI=1S/C12H24N2O4/c1-5-14(10(3)6-11(15)16)12(17)13-7-9(2)8-18-4/h9-10H,5-8H2,1-4H3,(H,13,17)(H,15,16). The zero-order chi connectivity index (χ0) is 14.1. The van der Waals surface area contributed by atoms with Gasteiger partial charge in [-0.3, -0.25) is 4.79 Å². The summed E-state index contributed by atoms with van der Waals surface area (Å²) in [6, 6.07) is -0.542. The lowest BCUT2D eigenvalue weighted by molar-refractivity contribution is -0.138. The fourth-order valence-electron chi connectivity index (χ4n) is 1.72. The minimum absolute atomic E-state index is 0.0467. The van der Waals surface area contributed by atoms with Crippen molar-refractivity contribution in [2.75, 3.05) is 26.8 Å². The third-order valence-corrected chi connectivity index (χ3v) is 2.66. The normalized spacial score (nSPS) is 13.8. The molecule has 0 aliphatic rings. The molecule has 0 saturated heterocycles. The van der Waals surface area contributed by atoms with Gasteiger partial charge in [0.25, 0.3) is 0 Å². The highest BCUT2D eigenvalue weighted by Gasteiger charge is 2.20. The van der Waals surface area contributed by atoms with Crippen molar-refractivity contribution in [2.45, 2.75) is 33.2 Å². The average Bonchev–Trinajstić information content (AvgIpc) is 2.26. The van der Waals surface area contributed by atoms with E-state index >= 15 is 0 Å². The summed E-state index contributed by atoms with van der Waals surface area (Å²) in [6.07, 6.45) is -0.0467. The number of hydrogen-bond acceptors (Lipinski definition) is 3. The molecule has 18 heavy (non-hydrogen) atoms. The molecule has 0 aliphatic heterocycles. The molecule has 0 saturated carbocycles. The molecule has 2 atom stereocenters. The smallest absolute Gasteiger partial charge is 0.317 e. The van der Waals surface area contributed by atoms with Gasteiger partial charge in [0, 0.05) is 26.2 Å². The summed E-state index contributed by atoms with van der Waals surface area (Å²) in [6.45, 7) is 7.12. The van der Waals surface area contributed by atoms with E-state index in [0.29, 0.717) is 19.7 Å². The number of methoxy groups -OCH3 is 1. The Kier molecular flexibility index (Phi) is 8.11. The maximum absolute atomic E-state index is 11.9. The molecule has 0 aliphatic carbocycles. The van der Waals surface area contributed by atoms with Crippen molar-refractivity contribution in [1.82, 2.24) is 10.2 Å². The van der Waals surface area contributed by atoms with E-state index in [1.54, 1.807) is 14.0 Å². The van der Waals surface area contributed by atoms with Crippen LogP contribution >= 0.6 is 0 Å². The fourth-order valence-corrected chi connectivity index (χ4v) is 1.72. The van der Waals surface area contributed by atoms with Gasteiger partial charge in [-0.1, -0.05) is 6.92 Å². The number of rotatable bonds is 8. The molecule has 2 amide bonds. The summed E-state index contributed by atoms with van der Waals surface area (Å²) in [5.74, 6) is -0.672. The Balaban J connectivity index is 4.22. The number of ether oxygens (including phenoxy) is 1. The fraction of sp³-hybridized carbons (Fsp3) is 0.833. The number of hydrogen-bond donors (Lipinski definition) is 2. The number of urea groups is 1. The second kappa shape index (κ2) is 8.74. The molecule has 0 aromatic carbocycles. The van der Waals surface area contributed by atoms with Crippen LogP contribution < -0.4 is 5.32 Å². The van der Waals surface area contributed by atoms with Crippen LogP contribution in [-0.4, -0.2) is 54.9 Å². The van der Waals surface area contributed by atoms with Crippen molar-refractivity contribution < 1.29 is 19.4 Å². The van der Waals surface area contributed by atoms with E-state index in [4.69, 9.17) is 9.84 Å². The minimum Gasteiger partial charge on any atom is -0.481 e. The van der Waals surface area contributed by atoms with Crippen LogP contribution in [0.2, 0.25) is 0 Å². The lowest BCUT2D eigenvalue weighted by atomic mass is 10.2. The Morgan fingerprint density at radius 2 is 2.00 bits per heavy atom. The second-order valence-electron chi connectivity index (χ2n) is 4.48. The lowest BCUT2D eigenvalue weighted by Gasteiger charge is -2.27. The highest BCUT2D eigenvalue weighted by molar-refractivity contribution is 5.75. The van der Waals surface area contributed by atoms with Crippen molar-refractivity contribution in [3.63, 3.8) is 0 Å². The van der Waals surface area contributed by atoms with Crippen LogP contribution in [0.1, 0.15) is 27.2 Å². The number of carboxylic acids is 1. The van der Waals surface area contributed by atoms with E-state index in [-0.39, 0.29) is 24.4 Å². The molecular formula is C12H24N2O4. The van der Waals surface area contributed by atoms with Gasteiger partial charge in [0.2, 0.25) is 0 Å². The molecule has 0 aromatic heterocycles. The first-order valence-corrected chi connectivity index (χ1v) is 6.17. The van der Waals surface area contributed by atoms with Gasteiger partial charge in [0.05, 0.1) is 13.0 Å². The van der Waals surface area contributed by atoms with E-state index in [0.717, 1.165) is 0 Å². The number of carbonyl (C=O) groups is 2. The maximum Gasteiger partial charge on any atom is 0.317 e. The van der Waals surface area contributed by atoms with Crippen LogP contribution in [0.5, 0.6) is 0 Å². The SMILES string of the molecule is CCN(C(=O)NCC(C)COC)C(C)CC(=O)O. The van der Waals surface area contributed by atoms with Gasteiger partial charge in [-0.2, -0.15) is 0 Å². The predicted octanol–water partition coefficient (Wildman–Crippen LogP) is 1.16. The third-order valence-electron chi connectivity index (χ3n) is 2.66. The summed E-state index contributed by atoms with van der Waals surface area (Å²) in [5.41, 5.74) is 0. The van der Waals surface area contributed by atoms with Crippen LogP contribution in [0, 0.1) is 5.92 Å². The monoisotopic (exact) mass is 260 g/mol. The molecule has 0 aromatic rings. The van der Waals surface area contributed by atoms with E-state index in [2.05, 4.69) is 5.32 Å². The first kappa shape index (κ1) is 16.7. The van der Waals surface area contributed by atoms with Gasteiger partial charge in [0.1, 0.15) is 0 Å². The molecule has 6 nitrogen and oxygen atoms in total. The van der Waals surface area contributed by atoms with E-state index < -0.39 is 5.97 Å². The van der Waals surface area contributed by atoms with Crippen LogP contribution in [0.25, 0.3) is 0 Å². The Morgan fingerprint density at radius 1 is 1.39 bits per heavy atom. The second-order valence-corrected chi connectivity index (χ2v) is 4.48. The largest absolute Gasteiger partial charge is 0.481 e. The number of aliphatic carboxylic acids is 1. The molecule has 0 rings (SSSR count). The number of amides is 2. The van der Waals surface area contributed by atoms with Gasteiger partial charge >= 0.3 is 12.0 Å². The molecule has 0 spiro atoms. The van der Waals surface area contributed by atoms with E-state index in [1.807, 2.05) is 13.8 Å². The maximum atomic E-state index is 11.9. The van der Waals surface area contributed by atoms with Crippen LogP contribution in [0.15, 0.2) is 0 Å². The molecule has 0 heterocycles. The summed E-state index contributed by atoms with van der Waals surface area (Å²) in [7, 11) is 1.62. The summed E-state index contributed by atoms with van der Waals surface area (Å²) < 4.78 is 4.98.